The van der Waals surface area contributed by atoms with Crippen LogP contribution in [0.5, 0.6) is 0 Å². The molecule has 0 N–H and O–H groups in total. The fourth-order valence-electron chi connectivity index (χ4n) is 3.08. The predicted octanol–water partition coefficient (Wildman–Crippen LogP) is 5.52. The second-order valence-corrected chi connectivity index (χ2v) is 5.65. The topological polar surface area (TPSA) is 26.0 Å². The van der Waals surface area contributed by atoms with E-state index < -0.39 is 0 Å². The minimum atomic E-state index is 0.937. The van der Waals surface area contributed by atoms with Crippen molar-refractivity contribution < 1.29 is 4.42 Å². The number of rotatable bonds is 2. The maximum absolute atomic E-state index is 6.18. The normalized spacial score (nSPS) is 11.4. The molecule has 0 radical (unpaired) electrons. The summed E-state index contributed by atoms with van der Waals surface area (Å²) in [6.45, 7) is 4.27. The fourth-order valence-corrected chi connectivity index (χ4v) is 3.08. The van der Waals surface area contributed by atoms with Crippen LogP contribution in [0.2, 0.25) is 0 Å². The average Bonchev–Trinajstić information content (AvgIpc) is 2.93. The van der Waals surface area contributed by atoms with Gasteiger partial charge in [0.25, 0.3) is 0 Å². The molecule has 0 amide bonds. The van der Waals surface area contributed by atoms with Gasteiger partial charge in [-0.05, 0) is 48.7 Å². The molecule has 2 heterocycles. The minimum Gasteiger partial charge on any atom is -0.455 e. The van der Waals surface area contributed by atoms with Gasteiger partial charge in [0.15, 0.2) is 0 Å². The first kappa shape index (κ1) is 13.1. The fraction of sp³-hybridized carbons (Fsp3) is 0.150. The van der Waals surface area contributed by atoms with Crippen LogP contribution in [0, 0.1) is 6.92 Å². The molecule has 4 rings (SSSR count). The summed E-state index contributed by atoms with van der Waals surface area (Å²) in [5.74, 6) is 0. The molecule has 0 unspecified atom stereocenters. The van der Waals surface area contributed by atoms with Crippen molar-refractivity contribution in [2.45, 2.75) is 20.3 Å². The Balaban J connectivity index is 2.13. The molecule has 4 aromatic rings. The van der Waals surface area contributed by atoms with E-state index >= 15 is 0 Å². The summed E-state index contributed by atoms with van der Waals surface area (Å²) in [7, 11) is 0. The molecule has 0 saturated carbocycles. The van der Waals surface area contributed by atoms with Gasteiger partial charge in [-0.25, -0.2) is 0 Å². The number of hydrogen-bond donors (Lipinski definition) is 0. The molecular weight excluding hydrogens is 270 g/mol. The van der Waals surface area contributed by atoms with Gasteiger partial charge in [-0.2, -0.15) is 0 Å². The number of furan rings is 1. The molecule has 0 aliphatic rings. The van der Waals surface area contributed by atoms with Crippen molar-refractivity contribution in [3.8, 4) is 11.3 Å². The maximum atomic E-state index is 6.18. The van der Waals surface area contributed by atoms with Gasteiger partial charge in [-0.3, -0.25) is 4.98 Å². The zero-order valence-electron chi connectivity index (χ0n) is 12.8. The van der Waals surface area contributed by atoms with Gasteiger partial charge in [-0.1, -0.05) is 31.2 Å². The van der Waals surface area contributed by atoms with Gasteiger partial charge in [0.05, 0.1) is 5.69 Å². The lowest BCUT2D eigenvalue weighted by atomic mass is 9.99. The SMILES string of the molecule is CCc1ccc(-c2cc(C)ccn2)c2oc3ccccc3c12. The van der Waals surface area contributed by atoms with Crippen LogP contribution in [0.1, 0.15) is 18.1 Å². The van der Waals surface area contributed by atoms with E-state index in [2.05, 4.69) is 49.2 Å². The molecule has 0 aliphatic heterocycles. The Kier molecular flexibility index (Phi) is 2.97. The van der Waals surface area contributed by atoms with E-state index in [1.165, 1.54) is 21.9 Å². The van der Waals surface area contributed by atoms with Crippen LogP contribution in [0.4, 0.5) is 0 Å². The van der Waals surface area contributed by atoms with Crippen molar-refractivity contribution in [3.05, 3.63) is 65.9 Å². The Hall–Kier alpha value is -2.61. The number of benzene rings is 2. The quantitative estimate of drug-likeness (QED) is 0.485. The van der Waals surface area contributed by atoms with Crippen molar-refractivity contribution in [2.75, 3.05) is 0 Å². The molecule has 0 spiro atoms. The Morgan fingerprint density at radius 3 is 2.73 bits per heavy atom. The van der Waals surface area contributed by atoms with Gasteiger partial charge < -0.3 is 4.42 Å². The largest absolute Gasteiger partial charge is 0.455 e. The van der Waals surface area contributed by atoms with E-state index in [-0.39, 0.29) is 0 Å². The summed E-state index contributed by atoms with van der Waals surface area (Å²) < 4.78 is 6.18. The van der Waals surface area contributed by atoms with Crippen molar-refractivity contribution >= 4 is 21.9 Å². The van der Waals surface area contributed by atoms with Crippen molar-refractivity contribution in [3.63, 3.8) is 0 Å². The molecule has 0 bridgehead atoms. The number of nitrogens with zero attached hydrogens (tertiary/aromatic N) is 1. The zero-order valence-corrected chi connectivity index (χ0v) is 12.8. The van der Waals surface area contributed by atoms with Crippen molar-refractivity contribution in [1.29, 1.82) is 0 Å². The van der Waals surface area contributed by atoms with Crippen LogP contribution in [0.15, 0.2) is 59.1 Å². The third kappa shape index (κ3) is 1.92. The van der Waals surface area contributed by atoms with Crippen LogP contribution in [0.25, 0.3) is 33.2 Å². The number of aromatic nitrogens is 1. The summed E-state index contributed by atoms with van der Waals surface area (Å²) in [6, 6.07) is 16.7. The van der Waals surface area contributed by atoms with E-state index in [9.17, 15) is 0 Å². The Morgan fingerprint density at radius 2 is 1.91 bits per heavy atom. The molecule has 2 aromatic carbocycles. The van der Waals surface area contributed by atoms with E-state index in [0.717, 1.165) is 28.8 Å². The zero-order chi connectivity index (χ0) is 15.1. The van der Waals surface area contributed by atoms with Gasteiger partial charge in [0.2, 0.25) is 0 Å². The third-order valence-corrected chi connectivity index (χ3v) is 4.18. The highest BCUT2D eigenvalue weighted by molar-refractivity contribution is 6.11. The summed E-state index contributed by atoms with van der Waals surface area (Å²) in [5, 5.41) is 2.41. The summed E-state index contributed by atoms with van der Waals surface area (Å²) in [6.07, 6.45) is 2.84. The van der Waals surface area contributed by atoms with Crippen LogP contribution < -0.4 is 0 Å². The Labute approximate surface area is 129 Å². The van der Waals surface area contributed by atoms with Crippen LogP contribution in [0.3, 0.4) is 0 Å². The van der Waals surface area contributed by atoms with Gasteiger partial charge in [0, 0.05) is 22.5 Å². The molecular formula is C20H17NO. The first-order valence-electron chi connectivity index (χ1n) is 7.64. The van der Waals surface area contributed by atoms with Gasteiger partial charge in [0.1, 0.15) is 11.2 Å². The lowest BCUT2D eigenvalue weighted by Gasteiger charge is -2.06. The van der Waals surface area contributed by atoms with E-state index in [0.29, 0.717) is 0 Å². The molecule has 108 valence electrons. The molecule has 2 aromatic heterocycles. The molecule has 2 heteroatoms. The van der Waals surface area contributed by atoms with E-state index in [1.54, 1.807) is 0 Å². The monoisotopic (exact) mass is 287 g/mol. The molecule has 0 atom stereocenters. The smallest absolute Gasteiger partial charge is 0.145 e. The number of aryl methyl sites for hydroxylation is 2. The maximum Gasteiger partial charge on any atom is 0.145 e. The predicted molar refractivity (Wildman–Crippen MR) is 91.1 cm³/mol. The highest BCUT2D eigenvalue weighted by Gasteiger charge is 2.15. The Bertz CT molecular complexity index is 982. The van der Waals surface area contributed by atoms with Crippen LogP contribution in [-0.4, -0.2) is 4.98 Å². The van der Waals surface area contributed by atoms with Crippen molar-refractivity contribution in [1.82, 2.24) is 4.98 Å². The van der Waals surface area contributed by atoms with Crippen molar-refractivity contribution in [2.24, 2.45) is 0 Å². The number of para-hydroxylation sites is 1. The lowest BCUT2D eigenvalue weighted by molar-refractivity contribution is 0.669. The Morgan fingerprint density at radius 1 is 1.05 bits per heavy atom. The number of fused-ring (bicyclic) bond motifs is 3. The van der Waals surface area contributed by atoms with Gasteiger partial charge >= 0.3 is 0 Å². The summed E-state index contributed by atoms with van der Waals surface area (Å²) in [4.78, 5) is 4.53. The molecule has 0 aliphatic carbocycles. The lowest BCUT2D eigenvalue weighted by Crippen LogP contribution is -1.88. The third-order valence-electron chi connectivity index (χ3n) is 4.18. The second kappa shape index (κ2) is 4.99. The number of pyridine rings is 1. The first-order valence-corrected chi connectivity index (χ1v) is 7.64. The van der Waals surface area contributed by atoms with E-state index in [1.807, 2.05) is 24.4 Å². The van der Waals surface area contributed by atoms with Crippen LogP contribution in [-0.2, 0) is 6.42 Å². The molecule has 0 saturated heterocycles. The standard InChI is InChI=1S/C20H17NO/c1-3-14-8-9-15(17-12-13(2)10-11-21-17)20-19(14)16-6-4-5-7-18(16)22-20/h4-12H,3H2,1-2H3. The molecule has 2 nitrogen and oxygen atoms in total. The summed E-state index contributed by atoms with van der Waals surface area (Å²) >= 11 is 0. The van der Waals surface area contributed by atoms with Gasteiger partial charge in [-0.15, -0.1) is 0 Å². The van der Waals surface area contributed by atoms with E-state index in [4.69, 9.17) is 4.42 Å². The molecule has 22 heavy (non-hydrogen) atoms. The average molecular weight is 287 g/mol. The highest BCUT2D eigenvalue weighted by Crippen LogP contribution is 2.37. The summed E-state index contributed by atoms with van der Waals surface area (Å²) in [5.41, 5.74) is 6.43. The molecule has 0 fully saturated rings. The van der Waals surface area contributed by atoms with Crippen LogP contribution >= 0.6 is 0 Å². The minimum absolute atomic E-state index is 0.937. The first-order chi connectivity index (χ1) is 10.8. The second-order valence-electron chi connectivity index (χ2n) is 5.65. The number of hydrogen-bond acceptors (Lipinski definition) is 2. The highest BCUT2D eigenvalue weighted by atomic mass is 16.3.